The molecule has 1 unspecified atom stereocenters. The molecule has 6 heteroatoms. The van der Waals surface area contributed by atoms with Crippen molar-refractivity contribution in [3.05, 3.63) is 35.9 Å². The van der Waals surface area contributed by atoms with Gasteiger partial charge in [-0.25, -0.2) is 8.42 Å². The first-order valence-electron chi connectivity index (χ1n) is 8.14. The molecule has 1 aliphatic rings. The summed E-state index contributed by atoms with van der Waals surface area (Å²) in [5.41, 5.74) is 1.28. The van der Waals surface area contributed by atoms with E-state index < -0.39 is 9.84 Å². The van der Waals surface area contributed by atoms with Crippen molar-refractivity contribution in [3.8, 4) is 0 Å². The second kappa shape index (κ2) is 8.45. The van der Waals surface area contributed by atoms with E-state index in [2.05, 4.69) is 29.4 Å². The van der Waals surface area contributed by atoms with Crippen LogP contribution in [0.2, 0.25) is 0 Å². The third kappa shape index (κ3) is 6.71. The zero-order valence-electron chi connectivity index (χ0n) is 13.7. The van der Waals surface area contributed by atoms with E-state index in [0.29, 0.717) is 19.4 Å². The molecule has 23 heavy (non-hydrogen) atoms. The van der Waals surface area contributed by atoms with Crippen LogP contribution in [-0.4, -0.2) is 50.9 Å². The molecule has 0 aromatic heterocycles. The first-order valence-corrected chi connectivity index (χ1v) is 9.96. The summed E-state index contributed by atoms with van der Waals surface area (Å²) in [6.45, 7) is 2.44. The predicted octanol–water partition coefficient (Wildman–Crippen LogP) is 1.45. The highest BCUT2D eigenvalue weighted by Crippen LogP contribution is 2.21. The summed E-state index contributed by atoms with van der Waals surface area (Å²) >= 11 is 0. The lowest BCUT2D eigenvalue weighted by molar-refractivity contribution is -0.121. The van der Waals surface area contributed by atoms with Crippen molar-refractivity contribution in [2.24, 2.45) is 5.92 Å². The van der Waals surface area contributed by atoms with Crippen molar-refractivity contribution in [1.82, 2.24) is 10.2 Å². The number of hydrogen-bond acceptors (Lipinski definition) is 4. The van der Waals surface area contributed by atoms with E-state index in [9.17, 15) is 13.2 Å². The van der Waals surface area contributed by atoms with E-state index in [1.165, 1.54) is 5.56 Å². The molecule has 1 heterocycles. The SMILES string of the molecule is CN(CCCNC(=O)CC1CCS(=O)(=O)C1)Cc1ccccc1. The molecule has 5 nitrogen and oxygen atoms in total. The molecular weight excluding hydrogens is 312 g/mol. The summed E-state index contributed by atoms with van der Waals surface area (Å²) in [6, 6.07) is 10.3. The molecule has 1 atom stereocenters. The number of hydrogen-bond donors (Lipinski definition) is 1. The normalized spacial score (nSPS) is 19.8. The number of benzene rings is 1. The molecule has 1 saturated heterocycles. The van der Waals surface area contributed by atoms with Crippen LogP contribution in [0.15, 0.2) is 30.3 Å². The number of carbonyl (C=O) groups is 1. The number of rotatable bonds is 8. The van der Waals surface area contributed by atoms with Crippen LogP contribution in [0.25, 0.3) is 0 Å². The smallest absolute Gasteiger partial charge is 0.220 e. The zero-order valence-corrected chi connectivity index (χ0v) is 14.5. The van der Waals surface area contributed by atoms with Gasteiger partial charge in [-0.05, 0) is 37.9 Å². The van der Waals surface area contributed by atoms with Crippen molar-refractivity contribution >= 4 is 15.7 Å². The quantitative estimate of drug-likeness (QED) is 0.729. The van der Waals surface area contributed by atoms with Crippen molar-refractivity contribution in [2.75, 3.05) is 31.6 Å². The average molecular weight is 338 g/mol. The molecule has 0 saturated carbocycles. The first-order chi connectivity index (χ1) is 10.9. The van der Waals surface area contributed by atoms with Crippen molar-refractivity contribution in [1.29, 1.82) is 0 Å². The van der Waals surface area contributed by atoms with Crippen LogP contribution >= 0.6 is 0 Å². The van der Waals surface area contributed by atoms with Crippen molar-refractivity contribution < 1.29 is 13.2 Å². The van der Waals surface area contributed by atoms with Crippen LogP contribution in [-0.2, 0) is 21.2 Å². The van der Waals surface area contributed by atoms with Gasteiger partial charge in [0.1, 0.15) is 0 Å². The van der Waals surface area contributed by atoms with Gasteiger partial charge in [-0.2, -0.15) is 0 Å². The molecule has 0 bridgehead atoms. The summed E-state index contributed by atoms with van der Waals surface area (Å²) < 4.78 is 22.7. The van der Waals surface area contributed by atoms with Gasteiger partial charge in [0.05, 0.1) is 11.5 Å². The number of nitrogens with one attached hydrogen (secondary N) is 1. The molecule has 1 amide bonds. The Balaban J connectivity index is 1.57. The predicted molar refractivity (Wildman–Crippen MR) is 91.8 cm³/mol. The standard InChI is InChI=1S/C17H26N2O3S/c1-19(13-15-6-3-2-4-7-15)10-5-9-18-17(20)12-16-8-11-23(21,22)14-16/h2-4,6-7,16H,5,8-14H2,1H3,(H,18,20). The summed E-state index contributed by atoms with van der Waals surface area (Å²) in [6.07, 6.45) is 1.84. The van der Waals surface area contributed by atoms with Gasteiger partial charge in [0.25, 0.3) is 0 Å². The van der Waals surface area contributed by atoms with E-state index in [0.717, 1.165) is 19.5 Å². The number of nitrogens with zero attached hydrogens (tertiary/aromatic N) is 1. The van der Waals surface area contributed by atoms with Gasteiger partial charge in [-0.3, -0.25) is 4.79 Å². The summed E-state index contributed by atoms with van der Waals surface area (Å²) in [7, 11) is -0.826. The van der Waals surface area contributed by atoms with Crippen molar-refractivity contribution in [2.45, 2.75) is 25.8 Å². The van der Waals surface area contributed by atoms with Crippen LogP contribution in [0.3, 0.4) is 0 Å². The largest absolute Gasteiger partial charge is 0.356 e. The second-order valence-electron chi connectivity index (χ2n) is 6.40. The van der Waals surface area contributed by atoms with Crippen LogP contribution in [0.4, 0.5) is 0 Å². The average Bonchev–Trinajstić information content (AvgIpc) is 2.83. The molecule has 1 fully saturated rings. The van der Waals surface area contributed by atoms with E-state index in [1.54, 1.807) is 0 Å². The second-order valence-corrected chi connectivity index (χ2v) is 8.63. The lowest BCUT2D eigenvalue weighted by atomic mass is 10.1. The van der Waals surface area contributed by atoms with Crippen LogP contribution in [0.5, 0.6) is 0 Å². The molecule has 0 radical (unpaired) electrons. The minimum atomic E-state index is -2.89. The molecule has 0 spiro atoms. The van der Waals surface area contributed by atoms with Crippen LogP contribution in [0, 0.1) is 5.92 Å². The Morgan fingerprint density at radius 1 is 1.30 bits per heavy atom. The monoisotopic (exact) mass is 338 g/mol. The highest BCUT2D eigenvalue weighted by molar-refractivity contribution is 7.91. The fraction of sp³-hybridized carbons (Fsp3) is 0.588. The van der Waals surface area contributed by atoms with Gasteiger partial charge in [-0.1, -0.05) is 30.3 Å². The molecule has 1 aromatic rings. The third-order valence-corrected chi connectivity index (χ3v) is 5.97. The maximum Gasteiger partial charge on any atom is 0.220 e. The molecular formula is C17H26N2O3S. The molecule has 128 valence electrons. The zero-order chi connectivity index (χ0) is 16.7. The lowest BCUT2D eigenvalue weighted by Gasteiger charge is -2.17. The Bertz CT molecular complexity index is 602. The number of carbonyl (C=O) groups excluding carboxylic acids is 1. The van der Waals surface area contributed by atoms with Gasteiger partial charge < -0.3 is 10.2 Å². The molecule has 1 N–H and O–H groups in total. The van der Waals surface area contributed by atoms with Gasteiger partial charge in [0.15, 0.2) is 9.84 Å². The Hall–Kier alpha value is -1.40. The first kappa shape index (κ1) is 17.9. The third-order valence-electron chi connectivity index (χ3n) is 4.13. The Morgan fingerprint density at radius 3 is 2.70 bits per heavy atom. The van der Waals surface area contributed by atoms with Crippen molar-refractivity contribution in [3.63, 3.8) is 0 Å². The lowest BCUT2D eigenvalue weighted by Crippen LogP contribution is -2.29. The number of amides is 1. The summed E-state index contributed by atoms with van der Waals surface area (Å²) in [5, 5.41) is 2.90. The molecule has 0 aliphatic carbocycles. The van der Waals surface area contributed by atoms with E-state index >= 15 is 0 Å². The summed E-state index contributed by atoms with van der Waals surface area (Å²) in [4.78, 5) is 14.1. The summed E-state index contributed by atoms with van der Waals surface area (Å²) in [5.74, 6) is 0.369. The molecule has 1 aliphatic heterocycles. The minimum absolute atomic E-state index is 0.000698. The maximum absolute atomic E-state index is 11.8. The van der Waals surface area contributed by atoms with Crippen LogP contribution in [0.1, 0.15) is 24.8 Å². The van der Waals surface area contributed by atoms with E-state index in [-0.39, 0.29) is 23.3 Å². The van der Waals surface area contributed by atoms with Crippen LogP contribution < -0.4 is 5.32 Å². The maximum atomic E-state index is 11.8. The van der Waals surface area contributed by atoms with Gasteiger partial charge in [0, 0.05) is 19.5 Å². The Labute approximate surface area is 139 Å². The fourth-order valence-electron chi connectivity index (χ4n) is 2.92. The molecule has 1 aromatic carbocycles. The highest BCUT2D eigenvalue weighted by Gasteiger charge is 2.29. The Kier molecular flexibility index (Phi) is 6.59. The highest BCUT2D eigenvalue weighted by atomic mass is 32.2. The van der Waals surface area contributed by atoms with Gasteiger partial charge in [-0.15, -0.1) is 0 Å². The van der Waals surface area contributed by atoms with Gasteiger partial charge in [0.2, 0.25) is 5.91 Å². The number of sulfone groups is 1. The van der Waals surface area contributed by atoms with Gasteiger partial charge >= 0.3 is 0 Å². The topological polar surface area (TPSA) is 66.5 Å². The minimum Gasteiger partial charge on any atom is -0.356 e. The molecule has 2 rings (SSSR count). The van der Waals surface area contributed by atoms with E-state index in [4.69, 9.17) is 0 Å². The van der Waals surface area contributed by atoms with E-state index in [1.807, 2.05) is 18.2 Å². The fourth-order valence-corrected chi connectivity index (χ4v) is 4.78. The Morgan fingerprint density at radius 2 is 2.04 bits per heavy atom.